The zero-order valence-corrected chi connectivity index (χ0v) is 10.3. The van der Waals surface area contributed by atoms with Gasteiger partial charge in [-0.3, -0.25) is 4.79 Å². The molecule has 0 spiro atoms. The van der Waals surface area contributed by atoms with E-state index < -0.39 is 0 Å². The van der Waals surface area contributed by atoms with Crippen molar-refractivity contribution in [3.8, 4) is 0 Å². The van der Waals surface area contributed by atoms with Crippen molar-refractivity contribution in [3.63, 3.8) is 0 Å². The smallest absolute Gasteiger partial charge is 0.146 e. The van der Waals surface area contributed by atoms with Gasteiger partial charge in [-0.1, -0.05) is 25.3 Å². The third-order valence-corrected chi connectivity index (χ3v) is 3.31. The molecule has 1 fully saturated rings. The number of ketones is 1. The Hall–Kier alpha value is -0.630. The Morgan fingerprint density at radius 2 is 2.00 bits per heavy atom. The monoisotopic (exact) mass is 223 g/mol. The average molecular weight is 223 g/mol. The number of rotatable bonds is 9. The fraction of sp³-hybridized carbons (Fsp3) is 0.786. The molecule has 0 amide bonds. The largest absolute Gasteiger partial charge is 0.307 e. The first kappa shape index (κ1) is 13.4. The van der Waals surface area contributed by atoms with Crippen molar-refractivity contribution in [1.82, 2.24) is 5.32 Å². The number of unbranched alkanes of at least 4 members (excludes halogenated alkanes) is 3. The van der Waals surface area contributed by atoms with Crippen LogP contribution in [0.1, 0.15) is 57.8 Å². The van der Waals surface area contributed by atoms with Crippen LogP contribution in [0.3, 0.4) is 0 Å². The van der Waals surface area contributed by atoms with Crippen molar-refractivity contribution in [2.75, 3.05) is 6.54 Å². The molecular formula is C14H25NO. The molecule has 0 unspecified atom stereocenters. The van der Waals surface area contributed by atoms with E-state index in [4.69, 9.17) is 0 Å². The maximum Gasteiger partial charge on any atom is 0.146 e. The van der Waals surface area contributed by atoms with Crippen molar-refractivity contribution >= 4 is 5.78 Å². The molecule has 2 heteroatoms. The van der Waals surface area contributed by atoms with Crippen LogP contribution in [0.4, 0.5) is 0 Å². The summed E-state index contributed by atoms with van der Waals surface area (Å²) in [7, 11) is 0. The van der Waals surface area contributed by atoms with E-state index in [1.165, 1.54) is 32.1 Å². The molecule has 1 aliphatic carbocycles. The number of carbonyl (C=O) groups excluding carboxylic acids is 1. The zero-order chi connectivity index (χ0) is 11.6. The number of hydrogen-bond acceptors (Lipinski definition) is 2. The van der Waals surface area contributed by atoms with Gasteiger partial charge in [0.05, 0.1) is 6.54 Å². The first-order chi connectivity index (χ1) is 7.83. The van der Waals surface area contributed by atoms with E-state index in [0.29, 0.717) is 18.4 Å². The normalized spacial score (nSPS) is 16.5. The fourth-order valence-corrected chi connectivity index (χ4v) is 2.26. The lowest BCUT2D eigenvalue weighted by Gasteiger charge is -2.10. The van der Waals surface area contributed by atoms with E-state index in [-0.39, 0.29) is 0 Å². The quantitative estimate of drug-likeness (QED) is 0.480. The summed E-state index contributed by atoms with van der Waals surface area (Å²) in [5, 5.41) is 3.37. The summed E-state index contributed by atoms with van der Waals surface area (Å²) in [5.74, 6) is 0.380. The average Bonchev–Trinajstić information content (AvgIpc) is 2.79. The maximum atomic E-state index is 11.5. The van der Waals surface area contributed by atoms with Crippen molar-refractivity contribution in [1.29, 1.82) is 0 Å². The molecule has 2 nitrogen and oxygen atoms in total. The summed E-state index contributed by atoms with van der Waals surface area (Å²) in [6.45, 7) is 4.28. The molecule has 0 atom stereocenters. The van der Waals surface area contributed by atoms with Gasteiger partial charge in [0.1, 0.15) is 5.78 Å². The van der Waals surface area contributed by atoms with Gasteiger partial charge in [0.2, 0.25) is 0 Å². The maximum absolute atomic E-state index is 11.5. The van der Waals surface area contributed by atoms with Crippen molar-refractivity contribution in [2.45, 2.75) is 63.8 Å². The minimum Gasteiger partial charge on any atom is -0.307 e. The Balaban J connectivity index is 1.91. The van der Waals surface area contributed by atoms with Gasteiger partial charge in [0.25, 0.3) is 0 Å². The third kappa shape index (κ3) is 6.06. The van der Waals surface area contributed by atoms with Crippen LogP contribution in [-0.2, 0) is 4.79 Å². The lowest BCUT2D eigenvalue weighted by atomic mass is 10.1. The number of hydrogen-bond donors (Lipinski definition) is 1. The molecule has 1 aliphatic rings. The molecule has 1 N–H and O–H groups in total. The second kappa shape index (κ2) is 8.51. The van der Waals surface area contributed by atoms with Gasteiger partial charge in [-0.25, -0.2) is 0 Å². The molecule has 0 heterocycles. The van der Waals surface area contributed by atoms with Crippen LogP contribution < -0.4 is 5.32 Å². The van der Waals surface area contributed by atoms with Crippen LogP contribution in [0, 0.1) is 0 Å². The third-order valence-electron chi connectivity index (χ3n) is 3.31. The predicted molar refractivity (Wildman–Crippen MR) is 68.5 cm³/mol. The molecule has 1 rings (SSSR count). The standard InChI is InChI=1S/C14H25NO/c1-2-3-4-5-6-11-14(16)12-15-13-9-7-8-10-13/h2,13,15H,1,3-12H2. The van der Waals surface area contributed by atoms with Crippen LogP contribution in [0.5, 0.6) is 0 Å². The van der Waals surface area contributed by atoms with E-state index in [1.54, 1.807) is 0 Å². The van der Waals surface area contributed by atoms with Crippen molar-refractivity contribution in [3.05, 3.63) is 12.7 Å². The molecule has 1 saturated carbocycles. The summed E-state index contributed by atoms with van der Waals surface area (Å²) in [6.07, 6.45) is 12.3. The highest BCUT2D eigenvalue weighted by atomic mass is 16.1. The molecule has 16 heavy (non-hydrogen) atoms. The molecule has 0 saturated heterocycles. The SMILES string of the molecule is C=CCCCCCC(=O)CNC1CCCC1. The first-order valence-electron chi connectivity index (χ1n) is 6.69. The molecule has 92 valence electrons. The van der Waals surface area contributed by atoms with Gasteiger partial charge in [-0.15, -0.1) is 6.58 Å². The molecule has 0 bridgehead atoms. The summed E-state index contributed by atoms with van der Waals surface area (Å²) in [5.41, 5.74) is 0. The second-order valence-corrected chi connectivity index (χ2v) is 4.79. The van der Waals surface area contributed by atoms with E-state index in [1.807, 2.05) is 6.08 Å². The molecule has 0 aromatic carbocycles. The number of allylic oxidation sites excluding steroid dienone is 1. The van der Waals surface area contributed by atoms with Crippen LogP contribution >= 0.6 is 0 Å². The molecule has 0 radical (unpaired) electrons. The molecular weight excluding hydrogens is 198 g/mol. The van der Waals surface area contributed by atoms with E-state index >= 15 is 0 Å². The highest BCUT2D eigenvalue weighted by Gasteiger charge is 2.14. The van der Waals surface area contributed by atoms with E-state index in [9.17, 15) is 4.79 Å². The number of Topliss-reactive ketones (excluding diaryl/α,β-unsaturated/α-hetero) is 1. The summed E-state index contributed by atoms with van der Waals surface area (Å²) >= 11 is 0. The van der Waals surface area contributed by atoms with E-state index in [2.05, 4.69) is 11.9 Å². The van der Waals surface area contributed by atoms with Crippen molar-refractivity contribution in [2.24, 2.45) is 0 Å². The Morgan fingerprint density at radius 3 is 2.69 bits per heavy atom. The topological polar surface area (TPSA) is 29.1 Å². The predicted octanol–water partition coefficient (Wildman–Crippen LogP) is 3.22. The number of carbonyl (C=O) groups is 1. The zero-order valence-electron chi connectivity index (χ0n) is 10.3. The summed E-state index contributed by atoms with van der Waals surface area (Å²) in [4.78, 5) is 11.5. The highest BCUT2D eigenvalue weighted by molar-refractivity contribution is 5.80. The van der Waals surface area contributed by atoms with Crippen LogP contribution in [0.15, 0.2) is 12.7 Å². The van der Waals surface area contributed by atoms with Gasteiger partial charge in [0.15, 0.2) is 0 Å². The summed E-state index contributed by atoms with van der Waals surface area (Å²) in [6, 6.07) is 0.615. The Kier molecular flexibility index (Phi) is 7.15. The van der Waals surface area contributed by atoms with Crippen LogP contribution in [0.25, 0.3) is 0 Å². The second-order valence-electron chi connectivity index (χ2n) is 4.79. The lowest BCUT2D eigenvalue weighted by Crippen LogP contribution is -2.31. The van der Waals surface area contributed by atoms with Crippen LogP contribution in [0.2, 0.25) is 0 Å². The Morgan fingerprint density at radius 1 is 1.25 bits per heavy atom. The molecule has 0 aliphatic heterocycles. The fourth-order valence-electron chi connectivity index (χ4n) is 2.26. The van der Waals surface area contributed by atoms with Crippen LogP contribution in [-0.4, -0.2) is 18.4 Å². The van der Waals surface area contributed by atoms with Crippen molar-refractivity contribution < 1.29 is 4.79 Å². The molecule has 0 aromatic heterocycles. The number of nitrogens with one attached hydrogen (secondary N) is 1. The summed E-state index contributed by atoms with van der Waals surface area (Å²) < 4.78 is 0. The minimum absolute atomic E-state index is 0.380. The lowest BCUT2D eigenvalue weighted by molar-refractivity contribution is -0.118. The van der Waals surface area contributed by atoms with Gasteiger partial charge in [-0.05, 0) is 32.1 Å². The van der Waals surface area contributed by atoms with Gasteiger partial charge < -0.3 is 5.32 Å². The van der Waals surface area contributed by atoms with E-state index in [0.717, 1.165) is 25.7 Å². The van der Waals surface area contributed by atoms with Gasteiger partial charge in [-0.2, -0.15) is 0 Å². The molecule has 0 aromatic rings. The van der Waals surface area contributed by atoms with Gasteiger partial charge in [0, 0.05) is 12.5 Å². The van der Waals surface area contributed by atoms with Gasteiger partial charge >= 0.3 is 0 Å². The first-order valence-corrected chi connectivity index (χ1v) is 6.69. The highest BCUT2D eigenvalue weighted by Crippen LogP contribution is 2.17. The minimum atomic E-state index is 0.380. The Bertz CT molecular complexity index is 207. The Labute approximate surface area is 99.5 Å².